The zero-order valence-corrected chi connectivity index (χ0v) is 57.4. The van der Waals surface area contributed by atoms with Gasteiger partial charge in [-0.3, -0.25) is 0 Å². The van der Waals surface area contributed by atoms with E-state index in [1.807, 2.05) is 171 Å². The molecule has 0 saturated carbocycles. The lowest BCUT2D eigenvalue weighted by Crippen LogP contribution is -2.34. The van der Waals surface area contributed by atoms with Crippen molar-refractivity contribution in [2.75, 3.05) is 87.2 Å². The van der Waals surface area contributed by atoms with Crippen LogP contribution in [-0.4, -0.2) is 161 Å². The van der Waals surface area contributed by atoms with Crippen molar-refractivity contribution in [1.29, 1.82) is 0 Å². The molecular weight excluding hydrogens is 1320 g/mol. The smallest absolute Gasteiger partial charge is 0.245 e. The summed E-state index contributed by atoms with van der Waals surface area (Å²) in [6.45, 7) is 17.4. The number of rotatable bonds is 22. The van der Waals surface area contributed by atoms with Crippen molar-refractivity contribution in [2.24, 2.45) is 0 Å². The summed E-state index contributed by atoms with van der Waals surface area (Å²) in [5.74, 6) is 7.91. The summed E-state index contributed by atoms with van der Waals surface area (Å²) >= 11 is 17.3. The van der Waals surface area contributed by atoms with Gasteiger partial charge in [0.2, 0.25) is 16.5 Å². The Bertz CT molecular complexity index is 4490. The molecule has 12 aromatic rings. The maximum atomic E-state index is 9.74. The molecule has 2 aliphatic rings. The minimum Gasteiger partial charge on any atom is -0.490 e. The van der Waals surface area contributed by atoms with Crippen LogP contribution in [0.25, 0.3) is 33.6 Å². The predicted molar refractivity (Wildman–Crippen MR) is 378 cm³/mol. The number of benzene rings is 3. The Hall–Kier alpha value is -10.1. The van der Waals surface area contributed by atoms with Crippen LogP contribution in [0.15, 0.2) is 147 Å². The molecule has 0 bridgehead atoms. The maximum Gasteiger partial charge on any atom is 0.245 e. The van der Waals surface area contributed by atoms with Gasteiger partial charge in [0.1, 0.15) is 53.0 Å². The molecule has 11 heterocycles. The van der Waals surface area contributed by atoms with Crippen LogP contribution in [0.1, 0.15) is 67.2 Å². The molecule has 516 valence electrons. The first-order chi connectivity index (χ1) is 47.8. The molecule has 31 heteroatoms. The van der Waals surface area contributed by atoms with Crippen molar-refractivity contribution in [3.63, 3.8) is 0 Å². The second-order valence-corrected chi connectivity index (χ2v) is 22.6. The average molecular weight is 1400 g/mol. The highest BCUT2D eigenvalue weighted by atomic mass is 35.5. The Labute approximate surface area is 580 Å². The molecule has 0 spiro atoms. The number of aliphatic hydroxyl groups is 2. The molecule has 0 amide bonds. The molecule has 0 aliphatic carbocycles. The van der Waals surface area contributed by atoms with Gasteiger partial charge in [0.05, 0.1) is 94.5 Å². The summed E-state index contributed by atoms with van der Waals surface area (Å²) in [6.07, 6.45) is 20.4. The summed E-state index contributed by atoms with van der Waals surface area (Å²) < 4.78 is 44.5. The Morgan fingerprint density at radius 1 is 0.510 bits per heavy atom. The van der Waals surface area contributed by atoms with Gasteiger partial charge in [0.15, 0.2) is 51.3 Å². The van der Waals surface area contributed by atoms with Gasteiger partial charge in [-0.2, -0.15) is 9.97 Å². The number of halogens is 3. The van der Waals surface area contributed by atoms with Gasteiger partial charge in [-0.05, 0) is 170 Å². The topological polar surface area (TPSA) is 305 Å². The van der Waals surface area contributed by atoms with E-state index in [2.05, 4.69) is 61.1 Å². The number of fused-ring (bicyclic) bond motifs is 3. The third kappa shape index (κ3) is 18.1. The first-order valence-electron chi connectivity index (χ1n) is 32.2. The van der Waals surface area contributed by atoms with Crippen LogP contribution in [0.5, 0.6) is 34.5 Å². The molecular formula is C67H79Cl3N20O8. The molecule has 3 aromatic carbocycles. The molecule has 14 rings (SSSR count). The molecule has 28 nitrogen and oxygen atoms in total. The van der Waals surface area contributed by atoms with Gasteiger partial charge in [-0.1, -0.05) is 11.6 Å². The quantitative estimate of drug-likeness (QED) is 0.0367. The summed E-state index contributed by atoms with van der Waals surface area (Å²) in [5.41, 5.74) is 10.8. The van der Waals surface area contributed by atoms with E-state index in [9.17, 15) is 5.11 Å². The lowest BCUT2D eigenvalue weighted by atomic mass is 10.2. The van der Waals surface area contributed by atoms with Crippen LogP contribution in [0, 0.1) is 0 Å². The summed E-state index contributed by atoms with van der Waals surface area (Å²) in [7, 11) is 0. The van der Waals surface area contributed by atoms with E-state index in [-0.39, 0.29) is 23.2 Å². The monoisotopic (exact) mass is 1400 g/mol. The lowest BCUT2D eigenvalue weighted by Gasteiger charge is -2.23. The van der Waals surface area contributed by atoms with Crippen LogP contribution < -0.4 is 55.0 Å². The van der Waals surface area contributed by atoms with Gasteiger partial charge in [-0.25, -0.2) is 33.5 Å². The Morgan fingerprint density at radius 2 is 0.959 bits per heavy atom. The van der Waals surface area contributed by atoms with Crippen LogP contribution in [-0.2, 0) is 0 Å². The van der Waals surface area contributed by atoms with E-state index < -0.39 is 0 Å². The minimum absolute atomic E-state index is 0.0410. The Morgan fingerprint density at radius 3 is 1.41 bits per heavy atom. The number of ether oxygens (including phenoxy) is 6. The maximum absolute atomic E-state index is 9.74. The summed E-state index contributed by atoms with van der Waals surface area (Å²) in [5, 5.41) is 41.3. The van der Waals surface area contributed by atoms with Gasteiger partial charge >= 0.3 is 0 Å². The Balaban J connectivity index is 0.000000145. The van der Waals surface area contributed by atoms with Gasteiger partial charge < -0.3 is 78.9 Å². The van der Waals surface area contributed by atoms with Crippen LogP contribution in [0.4, 0.5) is 35.0 Å². The standard InChI is InChI=1S/C24H29N7O3.C19H19ClN6O2.C13H17N3O2.C6H3Cl2N3.C5H11NO/c1-3-33-20-10-9-17(13-21(20)34-4-2)29-14-22(25-16-29)26-23-19-8-6-12-31(19)28-24(27-23)30-11-5-7-18(30)15-32;1-3-27-15-8-7-13(10-16(15)28-4-2)25-11-17(21-12-25)22-18-14-6-5-9-26(14)24-19(20)23-18;1-3-17-11-6-5-10(7-12(11)18-4-2)16-8-13(14)15-9-16;7-5-4-2-1-3-11(4)10-6(8)9-5;7-4-5-2-1-3-6-5/h6,8-10,12-14,16,18,32H,3-5,7,11,15H2,1-2H3,(H,26,27,28);5-12H,3-4H2,1-2H3,(H,22,23,24);5-9H,3-4,14H2,1-2H3;1-3H;5-7H,1-4H2/t18-;;;;5-/m0...0/s1. The molecule has 0 radical (unpaired) electrons. The van der Waals surface area contributed by atoms with Crippen molar-refractivity contribution >= 4 is 86.4 Å². The second-order valence-electron chi connectivity index (χ2n) is 21.6. The van der Waals surface area contributed by atoms with Crippen molar-refractivity contribution < 1.29 is 38.6 Å². The predicted octanol–water partition coefficient (Wildman–Crippen LogP) is 11.5. The van der Waals surface area contributed by atoms with Crippen LogP contribution in [0.3, 0.4) is 0 Å². The number of nitrogen functional groups attached to an aromatic ring is 1. The molecule has 2 atom stereocenters. The number of hydrogen-bond donors (Lipinski definition) is 6. The molecule has 2 fully saturated rings. The highest BCUT2D eigenvalue weighted by Gasteiger charge is 2.27. The molecule has 2 saturated heterocycles. The zero-order valence-electron chi connectivity index (χ0n) is 55.1. The number of nitrogens with one attached hydrogen (secondary N) is 3. The zero-order chi connectivity index (χ0) is 68.9. The van der Waals surface area contributed by atoms with Crippen molar-refractivity contribution in [1.82, 2.24) is 77.8 Å². The Kier molecular flexibility index (Phi) is 25.0. The molecule has 0 unspecified atom stereocenters. The normalized spacial score (nSPS) is 13.9. The summed E-state index contributed by atoms with van der Waals surface area (Å²) in [6, 6.07) is 29.1. The van der Waals surface area contributed by atoms with E-state index in [0.29, 0.717) is 104 Å². The minimum atomic E-state index is 0.0410. The number of hydrogen-bond acceptors (Lipinski definition) is 22. The van der Waals surface area contributed by atoms with E-state index in [4.69, 9.17) is 79.0 Å². The SMILES string of the molecule is CCOc1ccc(-n2cnc(N)c2)cc1OCC.CCOc1ccc(-n2cnc(Nc3nc(Cl)nn4cccc34)c2)cc1OCC.CCOc1ccc(-n2cnc(Nc3nc(N4CCC[C@H]4CO)nn4cccc34)c2)cc1OCC.Clc1nc(Cl)c2cccn2n1.OC[C@@H]1CCCN1. The van der Waals surface area contributed by atoms with E-state index >= 15 is 0 Å². The first kappa shape index (κ1) is 70.7. The van der Waals surface area contributed by atoms with Crippen LogP contribution in [0.2, 0.25) is 15.7 Å². The summed E-state index contributed by atoms with van der Waals surface area (Å²) in [4.78, 5) is 27.8. The second kappa shape index (κ2) is 34.7. The number of nitrogens with zero attached hydrogens (tertiary/aromatic N) is 16. The van der Waals surface area contributed by atoms with Crippen molar-refractivity contribution in [3.05, 3.63) is 163 Å². The fraction of sp³-hybridized carbons (Fsp3) is 0.328. The molecule has 9 aromatic heterocycles. The van der Waals surface area contributed by atoms with E-state index in [1.165, 1.54) is 6.42 Å². The third-order valence-electron chi connectivity index (χ3n) is 15.0. The van der Waals surface area contributed by atoms with Gasteiger partial charge in [-0.15, -0.1) is 15.3 Å². The fourth-order valence-electron chi connectivity index (χ4n) is 10.6. The number of nitrogens with two attached hydrogens (primary N) is 1. The first-order valence-corrected chi connectivity index (χ1v) is 33.3. The largest absolute Gasteiger partial charge is 0.490 e. The molecule has 98 heavy (non-hydrogen) atoms. The average Bonchev–Trinajstić information content (AvgIpc) is 1.61. The van der Waals surface area contributed by atoms with Crippen LogP contribution >= 0.6 is 34.8 Å². The third-order valence-corrected chi connectivity index (χ3v) is 15.6. The fourth-order valence-corrected chi connectivity index (χ4v) is 11.2. The number of aromatic nitrogens is 15. The van der Waals surface area contributed by atoms with E-state index in [1.54, 1.807) is 44.9 Å². The highest BCUT2D eigenvalue weighted by Crippen LogP contribution is 2.34. The lowest BCUT2D eigenvalue weighted by molar-refractivity contribution is 0.255. The molecule has 7 N–H and O–H groups in total. The van der Waals surface area contributed by atoms with Gasteiger partial charge in [0.25, 0.3) is 0 Å². The highest BCUT2D eigenvalue weighted by molar-refractivity contribution is 6.34. The van der Waals surface area contributed by atoms with Crippen molar-refractivity contribution in [2.45, 2.75) is 79.3 Å². The number of imidazole rings is 3. The molecule has 2 aliphatic heterocycles. The number of anilines is 6. The number of aliphatic hydroxyl groups excluding tert-OH is 2. The van der Waals surface area contributed by atoms with Crippen molar-refractivity contribution in [3.8, 4) is 51.6 Å². The van der Waals surface area contributed by atoms with Gasteiger partial charge in [0, 0.05) is 49.4 Å². The van der Waals surface area contributed by atoms with E-state index in [0.717, 1.165) is 89.0 Å².